The number of aromatic hydroxyl groups is 1. The first-order chi connectivity index (χ1) is 9.60. The fraction of sp³-hybridized carbons (Fsp3) is 0.294. The normalized spacial score (nSPS) is 12.2. The van der Waals surface area contributed by atoms with E-state index in [0.29, 0.717) is 5.92 Å². The molecule has 1 atom stereocenters. The van der Waals surface area contributed by atoms with E-state index in [2.05, 4.69) is 59.4 Å². The Kier molecular flexibility index (Phi) is 5.07. The third kappa shape index (κ3) is 3.76. The first kappa shape index (κ1) is 14.9. The molecule has 2 aromatic carbocycles. The number of hydrogen-bond acceptors (Lipinski definition) is 2. The number of anilines is 1. The quantitative estimate of drug-likeness (QED) is 0.780. The Bertz CT molecular complexity index is 566. The Labute approximate surface area is 129 Å². The zero-order valence-electron chi connectivity index (χ0n) is 11.9. The molecule has 2 aromatic rings. The van der Waals surface area contributed by atoms with Crippen LogP contribution in [-0.4, -0.2) is 5.11 Å². The summed E-state index contributed by atoms with van der Waals surface area (Å²) in [6.07, 6.45) is 1.16. The van der Waals surface area contributed by atoms with Crippen LogP contribution in [0, 0.1) is 0 Å². The Morgan fingerprint density at radius 1 is 1.15 bits per heavy atom. The van der Waals surface area contributed by atoms with E-state index < -0.39 is 0 Å². The third-order valence-electron chi connectivity index (χ3n) is 3.60. The van der Waals surface area contributed by atoms with Crippen molar-refractivity contribution in [1.29, 1.82) is 0 Å². The highest BCUT2D eigenvalue weighted by Gasteiger charge is 2.03. The molecule has 0 radical (unpaired) electrons. The van der Waals surface area contributed by atoms with Crippen molar-refractivity contribution in [2.75, 3.05) is 5.32 Å². The van der Waals surface area contributed by atoms with E-state index >= 15 is 0 Å². The van der Waals surface area contributed by atoms with E-state index in [1.54, 1.807) is 6.07 Å². The minimum atomic E-state index is 0.270. The Morgan fingerprint density at radius 2 is 1.85 bits per heavy atom. The summed E-state index contributed by atoms with van der Waals surface area (Å²) < 4.78 is 0.726. The summed E-state index contributed by atoms with van der Waals surface area (Å²) in [4.78, 5) is 0. The van der Waals surface area contributed by atoms with Gasteiger partial charge in [0, 0.05) is 12.2 Å². The molecule has 2 rings (SSSR count). The molecular weight excluding hydrogens is 314 g/mol. The monoisotopic (exact) mass is 333 g/mol. The lowest BCUT2D eigenvalue weighted by molar-refractivity contribution is 0.471. The molecule has 0 saturated heterocycles. The fourth-order valence-electron chi connectivity index (χ4n) is 2.03. The lowest BCUT2D eigenvalue weighted by Crippen LogP contribution is -2.00. The second kappa shape index (κ2) is 6.80. The molecule has 0 saturated carbocycles. The maximum atomic E-state index is 9.47. The van der Waals surface area contributed by atoms with E-state index in [-0.39, 0.29) is 5.75 Å². The molecule has 0 aliphatic carbocycles. The molecule has 20 heavy (non-hydrogen) atoms. The van der Waals surface area contributed by atoms with E-state index in [1.165, 1.54) is 5.56 Å². The molecule has 0 amide bonds. The number of hydrogen-bond donors (Lipinski definition) is 2. The standard InChI is InChI=1S/C17H20BrNO/c1-3-12(2)14-5-7-15(8-6-14)19-11-13-4-9-17(20)16(18)10-13/h4-10,12,19-20H,3,11H2,1-2H3. The van der Waals surface area contributed by atoms with Crippen molar-refractivity contribution in [2.24, 2.45) is 0 Å². The molecule has 0 spiro atoms. The van der Waals surface area contributed by atoms with Gasteiger partial charge in [-0.3, -0.25) is 0 Å². The van der Waals surface area contributed by atoms with Crippen LogP contribution in [0.1, 0.15) is 37.3 Å². The van der Waals surface area contributed by atoms with Crippen molar-refractivity contribution in [3.05, 3.63) is 58.1 Å². The van der Waals surface area contributed by atoms with Crippen molar-refractivity contribution in [2.45, 2.75) is 32.7 Å². The summed E-state index contributed by atoms with van der Waals surface area (Å²) in [7, 11) is 0. The average Bonchev–Trinajstić information content (AvgIpc) is 2.48. The summed E-state index contributed by atoms with van der Waals surface area (Å²) in [6, 6.07) is 14.2. The van der Waals surface area contributed by atoms with Crippen LogP contribution in [-0.2, 0) is 6.54 Å². The van der Waals surface area contributed by atoms with Gasteiger partial charge in [0.2, 0.25) is 0 Å². The van der Waals surface area contributed by atoms with Crippen molar-refractivity contribution in [3.8, 4) is 5.75 Å². The molecule has 0 aliphatic heterocycles. The lowest BCUT2D eigenvalue weighted by Gasteiger charge is -2.11. The van der Waals surface area contributed by atoms with Gasteiger partial charge in [0.25, 0.3) is 0 Å². The van der Waals surface area contributed by atoms with Crippen LogP contribution in [0.2, 0.25) is 0 Å². The van der Waals surface area contributed by atoms with Gasteiger partial charge in [0.05, 0.1) is 4.47 Å². The van der Waals surface area contributed by atoms with E-state index in [0.717, 1.165) is 28.7 Å². The minimum Gasteiger partial charge on any atom is -0.507 e. The zero-order chi connectivity index (χ0) is 14.5. The van der Waals surface area contributed by atoms with Gasteiger partial charge in [-0.1, -0.05) is 32.0 Å². The Balaban J connectivity index is 1.98. The van der Waals surface area contributed by atoms with Gasteiger partial charge in [-0.05, 0) is 63.7 Å². The van der Waals surface area contributed by atoms with Crippen molar-refractivity contribution < 1.29 is 5.11 Å². The Morgan fingerprint density at radius 3 is 2.45 bits per heavy atom. The first-order valence-corrected chi connectivity index (χ1v) is 7.70. The molecule has 2 nitrogen and oxygen atoms in total. The molecule has 0 heterocycles. The van der Waals surface area contributed by atoms with Crippen LogP contribution < -0.4 is 5.32 Å². The van der Waals surface area contributed by atoms with Gasteiger partial charge in [-0.15, -0.1) is 0 Å². The van der Waals surface area contributed by atoms with Gasteiger partial charge in [-0.25, -0.2) is 0 Å². The molecule has 106 valence electrons. The second-order valence-corrected chi connectivity index (χ2v) is 5.92. The van der Waals surface area contributed by atoms with Crippen LogP contribution >= 0.6 is 15.9 Å². The molecule has 0 aromatic heterocycles. The molecule has 1 unspecified atom stereocenters. The maximum Gasteiger partial charge on any atom is 0.129 e. The highest BCUT2D eigenvalue weighted by molar-refractivity contribution is 9.10. The highest BCUT2D eigenvalue weighted by Crippen LogP contribution is 2.25. The minimum absolute atomic E-state index is 0.270. The smallest absolute Gasteiger partial charge is 0.129 e. The maximum absolute atomic E-state index is 9.47. The number of phenolic OH excluding ortho intramolecular Hbond substituents is 1. The second-order valence-electron chi connectivity index (χ2n) is 5.07. The van der Waals surface area contributed by atoms with Crippen LogP contribution in [0.3, 0.4) is 0 Å². The molecule has 0 aliphatic rings. The molecule has 0 fully saturated rings. The molecule has 2 N–H and O–H groups in total. The lowest BCUT2D eigenvalue weighted by atomic mass is 9.99. The summed E-state index contributed by atoms with van der Waals surface area (Å²) in [6.45, 7) is 5.19. The number of benzene rings is 2. The van der Waals surface area contributed by atoms with Crippen molar-refractivity contribution in [3.63, 3.8) is 0 Å². The van der Waals surface area contributed by atoms with Crippen LogP contribution in [0.4, 0.5) is 5.69 Å². The number of halogens is 1. The van der Waals surface area contributed by atoms with E-state index in [1.807, 2.05) is 12.1 Å². The van der Waals surface area contributed by atoms with Gasteiger partial charge in [-0.2, -0.15) is 0 Å². The van der Waals surface area contributed by atoms with Gasteiger partial charge in [0.1, 0.15) is 5.75 Å². The molecule has 0 bridgehead atoms. The number of nitrogens with one attached hydrogen (secondary N) is 1. The van der Waals surface area contributed by atoms with E-state index in [9.17, 15) is 5.11 Å². The summed E-state index contributed by atoms with van der Waals surface area (Å²) in [5.41, 5.74) is 3.62. The average molecular weight is 334 g/mol. The topological polar surface area (TPSA) is 32.3 Å². The van der Waals surface area contributed by atoms with Crippen LogP contribution in [0.25, 0.3) is 0 Å². The SMILES string of the molecule is CCC(C)c1ccc(NCc2ccc(O)c(Br)c2)cc1. The predicted octanol–water partition coefficient (Wildman–Crippen LogP) is 5.28. The largest absolute Gasteiger partial charge is 0.507 e. The number of rotatable bonds is 5. The van der Waals surface area contributed by atoms with Crippen LogP contribution in [0.15, 0.2) is 46.9 Å². The number of phenols is 1. The van der Waals surface area contributed by atoms with Gasteiger partial charge >= 0.3 is 0 Å². The molecule has 3 heteroatoms. The fourth-order valence-corrected chi connectivity index (χ4v) is 2.46. The summed E-state index contributed by atoms with van der Waals surface area (Å²) >= 11 is 3.33. The van der Waals surface area contributed by atoms with Gasteiger partial charge < -0.3 is 10.4 Å². The summed E-state index contributed by atoms with van der Waals surface area (Å²) in [5.74, 6) is 0.878. The highest BCUT2D eigenvalue weighted by atomic mass is 79.9. The van der Waals surface area contributed by atoms with Crippen LogP contribution in [0.5, 0.6) is 5.75 Å². The first-order valence-electron chi connectivity index (χ1n) is 6.91. The third-order valence-corrected chi connectivity index (χ3v) is 4.24. The van der Waals surface area contributed by atoms with E-state index in [4.69, 9.17) is 0 Å². The van der Waals surface area contributed by atoms with Gasteiger partial charge in [0.15, 0.2) is 0 Å². The predicted molar refractivity (Wildman–Crippen MR) is 88.3 cm³/mol. The van der Waals surface area contributed by atoms with Crippen molar-refractivity contribution in [1.82, 2.24) is 0 Å². The summed E-state index contributed by atoms with van der Waals surface area (Å²) in [5, 5.41) is 12.9. The molecular formula is C17H20BrNO. The Hall–Kier alpha value is -1.48. The zero-order valence-corrected chi connectivity index (χ0v) is 13.4. The van der Waals surface area contributed by atoms with Crippen molar-refractivity contribution >= 4 is 21.6 Å².